The zero-order valence-corrected chi connectivity index (χ0v) is 14.1. The number of likely N-dealkylation sites (tertiary alicyclic amines) is 1. The van der Waals surface area contributed by atoms with Crippen LogP contribution < -0.4 is 0 Å². The van der Waals surface area contributed by atoms with Crippen molar-refractivity contribution in [3.8, 4) is 0 Å². The minimum atomic E-state index is -3.36. The number of carboxylic acids is 1. The molecule has 1 aromatic heterocycles. The number of carboxylic acid groups (broad SMARTS) is 1. The van der Waals surface area contributed by atoms with Crippen molar-refractivity contribution in [2.24, 2.45) is 11.3 Å². The molecule has 0 aromatic carbocycles. The third kappa shape index (κ3) is 2.86. The van der Waals surface area contributed by atoms with Gasteiger partial charge >= 0.3 is 5.97 Å². The lowest BCUT2D eigenvalue weighted by Crippen LogP contribution is -2.41. The molecular weight excluding hydrogens is 318 g/mol. The van der Waals surface area contributed by atoms with E-state index in [4.69, 9.17) is 0 Å². The van der Waals surface area contributed by atoms with E-state index in [0.717, 1.165) is 17.5 Å². The fraction of sp³-hybridized carbons (Fsp3) is 0.600. The first-order chi connectivity index (χ1) is 10.7. The van der Waals surface area contributed by atoms with E-state index in [-0.39, 0.29) is 19.0 Å². The Balaban J connectivity index is 1.80. The van der Waals surface area contributed by atoms with Crippen molar-refractivity contribution in [3.05, 3.63) is 29.6 Å². The number of hydrogen-bond acceptors (Lipinski definition) is 5. The first-order valence-electron chi connectivity index (χ1n) is 7.54. The topological polar surface area (TPSA) is 90.8 Å². The minimum Gasteiger partial charge on any atom is -0.481 e. The normalized spacial score (nSPS) is 28.9. The van der Waals surface area contributed by atoms with Crippen LogP contribution in [0.15, 0.2) is 18.3 Å². The highest BCUT2D eigenvalue weighted by Gasteiger charge is 2.59. The molecule has 7 nitrogen and oxygen atoms in total. The summed E-state index contributed by atoms with van der Waals surface area (Å²) in [5.74, 6) is -1.08. The molecule has 3 rings (SSSR count). The predicted molar refractivity (Wildman–Crippen MR) is 84.2 cm³/mol. The number of rotatable bonds is 4. The Hall–Kier alpha value is -1.51. The molecule has 1 aromatic rings. The van der Waals surface area contributed by atoms with E-state index in [1.807, 2.05) is 19.1 Å². The molecule has 0 spiro atoms. The van der Waals surface area contributed by atoms with Gasteiger partial charge in [0.1, 0.15) is 0 Å². The van der Waals surface area contributed by atoms with Crippen LogP contribution in [0.25, 0.3) is 0 Å². The average Bonchev–Trinajstić information content (AvgIpc) is 2.95. The van der Waals surface area contributed by atoms with Gasteiger partial charge in [-0.3, -0.25) is 14.7 Å². The number of hydrogen-bond donors (Lipinski definition) is 1. The molecule has 0 bridgehead atoms. The molecular formula is C15H21N3O4S. The van der Waals surface area contributed by atoms with Crippen LogP contribution in [-0.4, -0.2) is 66.1 Å². The van der Waals surface area contributed by atoms with Gasteiger partial charge in [0.2, 0.25) is 10.0 Å². The van der Waals surface area contributed by atoms with E-state index in [0.29, 0.717) is 19.6 Å². The van der Waals surface area contributed by atoms with Crippen LogP contribution in [0.2, 0.25) is 0 Å². The lowest BCUT2D eigenvalue weighted by Gasteiger charge is -2.25. The van der Waals surface area contributed by atoms with Gasteiger partial charge in [-0.25, -0.2) is 12.7 Å². The molecule has 3 heterocycles. The number of pyridine rings is 1. The standard InChI is InChI=1S/C15H21N3O4S/c1-11-12(4-3-5-16-11)6-17-7-13-8-18(23(2,21)22)10-15(13,9-17)14(19)20/h3-5,13H,6-10H2,1-2H3,(H,19,20)/t13-,15-/m0/s1. The molecule has 0 unspecified atom stereocenters. The van der Waals surface area contributed by atoms with Crippen molar-refractivity contribution in [1.29, 1.82) is 0 Å². The summed E-state index contributed by atoms with van der Waals surface area (Å²) >= 11 is 0. The zero-order chi connectivity index (χ0) is 16.8. The maximum absolute atomic E-state index is 11.9. The van der Waals surface area contributed by atoms with Crippen molar-refractivity contribution in [2.75, 3.05) is 32.4 Å². The van der Waals surface area contributed by atoms with Crippen molar-refractivity contribution in [2.45, 2.75) is 13.5 Å². The molecule has 0 aliphatic carbocycles. The second kappa shape index (κ2) is 5.54. The second-order valence-corrected chi connectivity index (χ2v) is 8.61. The smallest absolute Gasteiger partial charge is 0.312 e. The molecule has 2 atom stereocenters. The first kappa shape index (κ1) is 16.4. The van der Waals surface area contributed by atoms with Gasteiger partial charge in [-0.2, -0.15) is 0 Å². The third-order valence-corrected chi connectivity index (χ3v) is 6.27. The highest BCUT2D eigenvalue weighted by Crippen LogP contribution is 2.44. The lowest BCUT2D eigenvalue weighted by atomic mass is 9.81. The molecule has 23 heavy (non-hydrogen) atoms. The fourth-order valence-electron chi connectivity index (χ4n) is 3.72. The molecule has 2 saturated heterocycles. The first-order valence-corrected chi connectivity index (χ1v) is 9.38. The van der Waals surface area contributed by atoms with Gasteiger partial charge in [-0.1, -0.05) is 6.07 Å². The number of aliphatic carboxylic acids is 1. The Bertz CT molecular complexity index is 736. The van der Waals surface area contributed by atoms with Gasteiger partial charge in [0, 0.05) is 50.5 Å². The van der Waals surface area contributed by atoms with Gasteiger partial charge in [0.25, 0.3) is 0 Å². The number of fused-ring (bicyclic) bond motifs is 1. The van der Waals surface area contributed by atoms with E-state index < -0.39 is 21.4 Å². The summed E-state index contributed by atoms with van der Waals surface area (Å²) < 4.78 is 24.8. The van der Waals surface area contributed by atoms with Gasteiger partial charge in [-0.05, 0) is 18.6 Å². The lowest BCUT2D eigenvalue weighted by molar-refractivity contribution is -0.148. The predicted octanol–water partition coefficient (Wildman–Crippen LogP) is 0.168. The summed E-state index contributed by atoms with van der Waals surface area (Å²) in [4.78, 5) is 18.2. The summed E-state index contributed by atoms with van der Waals surface area (Å²) in [5.41, 5.74) is 1.01. The summed E-state index contributed by atoms with van der Waals surface area (Å²) in [6, 6.07) is 3.87. The van der Waals surface area contributed by atoms with Gasteiger partial charge in [-0.15, -0.1) is 0 Å². The van der Waals surface area contributed by atoms with Crippen LogP contribution in [0, 0.1) is 18.3 Å². The van der Waals surface area contributed by atoms with Crippen LogP contribution in [0.1, 0.15) is 11.3 Å². The number of aromatic nitrogens is 1. The van der Waals surface area contributed by atoms with Gasteiger partial charge < -0.3 is 5.11 Å². The Kier molecular flexibility index (Phi) is 3.94. The average molecular weight is 339 g/mol. The van der Waals surface area contributed by atoms with Crippen molar-refractivity contribution < 1.29 is 18.3 Å². The van der Waals surface area contributed by atoms with E-state index in [1.54, 1.807) is 6.20 Å². The van der Waals surface area contributed by atoms with Crippen molar-refractivity contribution >= 4 is 16.0 Å². The summed E-state index contributed by atoms with van der Waals surface area (Å²) in [6.07, 6.45) is 2.88. The molecule has 0 saturated carbocycles. The molecule has 126 valence electrons. The van der Waals surface area contributed by atoms with Crippen LogP contribution in [-0.2, 0) is 21.4 Å². The highest BCUT2D eigenvalue weighted by molar-refractivity contribution is 7.88. The minimum absolute atomic E-state index is 0.0638. The maximum Gasteiger partial charge on any atom is 0.312 e. The fourth-order valence-corrected chi connectivity index (χ4v) is 4.64. The van der Waals surface area contributed by atoms with Crippen LogP contribution in [0.3, 0.4) is 0 Å². The molecule has 0 amide bonds. The Morgan fingerprint density at radius 3 is 2.74 bits per heavy atom. The second-order valence-electron chi connectivity index (χ2n) is 6.63. The van der Waals surface area contributed by atoms with Crippen molar-refractivity contribution in [1.82, 2.24) is 14.2 Å². The monoisotopic (exact) mass is 339 g/mol. The highest BCUT2D eigenvalue weighted by atomic mass is 32.2. The van der Waals surface area contributed by atoms with E-state index in [9.17, 15) is 18.3 Å². The molecule has 8 heteroatoms. The van der Waals surface area contributed by atoms with Crippen LogP contribution in [0.5, 0.6) is 0 Å². The van der Waals surface area contributed by atoms with E-state index in [1.165, 1.54) is 4.31 Å². The van der Waals surface area contributed by atoms with E-state index >= 15 is 0 Å². The molecule has 2 aliphatic heterocycles. The largest absolute Gasteiger partial charge is 0.481 e. The number of carbonyl (C=O) groups is 1. The van der Waals surface area contributed by atoms with Gasteiger partial charge in [0.05, 0.1) is 11.7 Å². The van der Waals surface area contributed by atoms with Gasteiger partial charge in [0.15, 0.2) is 0 Å². The quantitative estimate of drug-likeness (QED) is 0.841. The molecule has 1 N–H and O–H groups in total. The van der Waals surface area contributed by atoms with Crippen molar-refractivity contribution in [3.63, 3.8) is 0 Å². The zero-order valence-electron chi connectivity index (χ0n) is 13.3. The van der Waals surface area contributed by atoms with Crippen LogP contribution in [0.4, 0.5) is 0 Å². The summed E-state index contributed by atoms with van der Waals surface area (Å²) in [6.45, 7) is 3.89. The Morgan fingerprint density at radius 2 is 2.17 bits per heavy atom. The SMILES string of the molecule is Cc1ncccc1CN1C[C@H]2CN(S(C)(=O)=O)C[C@@]2(C(=O)O)C1. The molecule has 2 aliphatic rings. The third-order valence-electron chi connectivity index (χ3n) is 5.05. The summed E-state index contributed by atoms with van der Waals surface area (Å²) in [7, 11) is -3.36. The van der Waals surface area contributed by atoms with Crippen LogP contribution >= 0.6 is 0 Å². The summed E-state index contributed by atoms with van der Waals surface area (Å²) in [5, 5.41) is 9.74. The Labute approximate surface area is 136 Å². The molecule has 0 radical (unpaired) electrons. The number of aryl methyl sites for hydroxylation is 1. The number of nitrogens with zero attached hydrogens (tertiary/aromatic N) is 3. The van der Waals surface area contributed by atoms with E-state index in [2.05, 4.69) is 9.88 Å². The molecule has 2 fully saturated rings. The Morgan fingerprint density at radius 1 is 1.43 bits per heavy atom. The maximum atomic E-state index is 11.9. The number of sulfonamides is 1.